The summed E-state index contributed by atoms with van der Waals surface area (Å²) in [6.45, 7) is 2.86. The summed E-state index contributed by atoms with van der Waals surface area (Å²) in [6.07, 6.45) is -4.27. The van der Waals surface area contributed by atoms with E-state index in [1.165, 1.54) is 0 Å². The fourth-order valence-electron chi connectivity index (χ4n) is 0.220. The van der Waals surface area contributed by atoms with Crippen LogP contribution in [0.15, 0.2) is 12.7 Å². The molecule has 0 saturated heterocycles. The van der Waals surface area contributed by atoms with Crippen LogP contribution >= 0.6 is 0 Å². The molecule has 0 unspecified atom stereocenters. The van der Waals surface area contributed by atoms with E-state index in [4.69, 9.17) is 0 Å². The molecule has 0 N–H and O–H groups in total. The van der Waals surface area contributed by atoms with E-state index in [0.29, 0.717) is 6.08 Å². The predicted octanol–water partition coefficient (Wildman–Crippen LogP) is 1.51. The SMILES string of the molecule is C=CC(=O)[CH]C(F)(F)F. The van der Waals surface area contributed by atoms with Crippen LogP contribution in [0.25, 0.3) is 0 Å². The zero-order valence-electron chi connectivity index (χ0n) is 4.40. The minimum atomic E-state index is -4.52. The lowest BCUT2D eigenvalue weighted by Crippen LogP contribution is -2.13. The lowest BCUT2D eigenvalue weighted by atomic mass is 10.3. The van der Waals surface area contributed by atoms with E-state index in [1.807, 2.05) is 0 Å². The minimum absolute atomic E-state index is 0.347. The van der Waals surface area contributed by atoms with Gasteiger partial charge in [0, 0.05) is 0 Å². The van der Waals surface area contributed by atoms with Crippen molar-refractivity contribution in [3.63, 3.8) is 0 Å². The monoisotopic (exact) mass is 137 g/mol. The van der Waals surface area contributed by atoms with Crippen molar-refractivity contribution in [1.82, 2.24) is 0 Å². The molecule has 0 rings (SSSR count). The number of carbonyl (C=O) groups is 1. The Bertz CT molecular complexity index is 125. The number of halogens is 3. The maximum atomic E-state index is 11.2. The summed E-state index contributed by atoms with van der Waals surface area (Å²) in [4.78, 5) is 9.93. The van der Waals surface area contributed by atoms with E-state index in [0.717, 1.165) is 0 Å². The Balaban J connectivity index is 3.74. The zero-order valence-corrected chi connectivity index (χ0v) is 4.40. The Morgan fingerprint density at radius 3 is 2.00 bits per heavy atom. The topological polar surface area (TPSA) is 17.1 Å². The molecule has 0 spiro atoms. The van der Waals surface area contributed by atoms with Gasteiger partial charge in [0.25, 0.3) is 0 Å². The smallest absolute Gasteiger partial charge is 0.294 e. The van der Waals surface area contributed by atoms with Crippen LogP contribution in [0.2, 0.25) is 0 Å². The van der Waals surface area contributed by atoms with E-state index in [2.05, 4.69) is 6.58 Å². The van der Waals surface area contributed by atoms with Gasteiger partial charge in [0.1, 0.15) is 6.42 Å². The molecule has 0 aliphatic heterocycles. The van der Waals surface area contributed by atoms with Gasteiger partial charge < -0.3 is 0 Å². The molecular formula is C5H4F3O. The van der Waals surface area contributed by atoms with Gasteiger partial charge in [-0.2, -0.15) is 13.2 Å². The quantitative estimate of drug-likeness (QED) is 0.527. The second-order valence-corrected chi connectivity index (χ2v) is 1.29. The van der Waals surface area contributed by atoms with Crippen LogP contribution in [0.3, 0.4) is 0 Å². The molecule has 0 aromatic heterocycles. The standard InChI is InChI=1S/C5H4F3O/c1-2-4(9)3-5(6,7)8/h2-3H,1H2. The zero-order chi connectivity index (χ0) is 7.49. The van der Waals surface area contributed by atoms with Gasteiger partial charge in [-0.15, -0.1) is 0 Å². The van der Waals surface area contributed by atoms with Crippen molar-refractivity contribution in [2.45, 2.75) is 6.18 Å². The number of hydrogen-bond acceptors (Lipinski definition) is 1. The second-order valence-electron chi connectivity index (χ2n) is 1.29. The molecule has 0 aromatic carbocycles. The molecule has 1 nitrogen and oxygen atoms in total. The fourth-order valence-corrected chi connectivity index (χ4v) is 0.220. The molecule has 0 aliphatic rings. The fraction of sp³-hybridized carbons (Fsp3) is 0.200. The Morgan fingerprint density at radius 2 is 1.89 bits per heavy atom. The highest BCUT2D eigenvalue weighted by atomic mass is 19.4. The van der Waals surface area contributed by atoms with Crippen LogP contribution in [-0.2, 0) is 4.79 Å². The van der Waals surface area contributed by atoms with Gasteiger partial charge in [-0.1, -0.05) is 6.58 Å². The van der Waals surface area contributed by atoms with Gasteiger partial charge in [-0.05, 0) is 6.08 Å². The molecule has 0 aromatic rings. The maximum absolute atomic E-state index is 11.2. The molecule has 1 radical (unpaired) electrons. The normalized spacial score (nSPS) is 11.0. The average molecular weight is 137 g/mol. The number of ketones is 1. The average Bonchev–Trinajstić information content (AvgIpc) is 1.62. The first kappa shape index (κ1) is 8.20. The highest BCUT2D eigenvalue weighted by Gasteiger charge is 2.30. The molecule has 0 atom stereocenters. The van der Waals surface area contributed by atoms with E-state index >= 15 is 0 Å². The van der Waals surface area contributed by atoms with Crippen molar-refractivity contribution in [2.75, 3.05) is 0 Å². The van der Waals surface area contributed by atoms with Gasteiger partial charge in [-0.3, -0.25) is 4.79 Å². The third-order valence-corrected chi connectivity index (χ3v) is 0.507. The van der Waals surface area contributed by atoms with E-state index in [1.54, 1.807) is 0 Å². The number of alkyl halides is 3. The summed E-state index contributed by atoms with van der Waals surface area (Å²) < 4.78 is 33.5. The van der Waals surface area contributed by atoms with Crippen molar-refractivity contribution >= 4 is 5.78 Å². The lowest BCUT2D eigenvalue weighted by molar-refractivity contribution is -0.127. The summed E-state index contributed by atoms with van der Waals surface area (Å²) in [6, 6.07) is 0. The molecule has 0 amide bonds. The minimum Gasteiger partial charge on any atom is -0.294 e. The van der Waals surface area contributed by atoms with Gasteiger partial charge in [0.15, 0.2) is 5.78 Å². The van der Waals surface area contributed by atoms with Crippen LogP contribution in [0.1, 0.15) is 0 Å². The summed E-state index contributed by atoms with van der Waals surface area (Å²) in [5, 5.41) is 0. The van der Waals surface area contributed by atoms with Gasteiger partial charge in [-0.25, -0.2) is 0 Å². The maximum Gasteiger partial charge on any atom is 0.400 e. The molecule has 0 bridgehead atoms. The Kier molecular flexibility index (Phi) is 2.42. The van der Waals surface area contributed by atoms with Crippen molar-refractivity contribution in [3.8, 4) is 0 Å². The van der Waals surface area contributed by atoms with E-state index in [-0.39, 0.29) is 6.42 Å². The van der Waals surface area contributed by atoms with E-state index < -0.39 is 12.0 Å². The van der Waals surface area contributed by atoms with Crippen LogP contribution in [0, 0.1) is 6.42 Å². The third kappa shape index (κ3) is 5.06. The lowest BCUT2D eigenvalue weighted by Gasteiger charge is -1.99. The Labute approximate surface area is 50.2 Å². The van der Waals surface area contributed by atoms with Crippen molar-refractivity contribution in [3.05, 3.63) is 19.1 Å². The van der Waals surface area contributed by atoms with Crippen LogP contribution in [-0.4, -0.2) is 12.0 Å². The molecule has 0 fully saturated rings. The van der Waals surface area contributed by atoms with E-state index in [9.17, 15) is 18.0 Å². The number of allylic oxidation sites excluding steroid dienone is 1. The van der Waals surface area contributed by atoms with Crippen LogP contribution in [0.4, 0.5) is 13.2 Å². The van der Waals surface area contributed by atoms with Gasteiger partial charge in [0.2, 0.25) is 0 Å². The van der Waals surface area contributed by atoms with Crippen molar-refractivity contribution in [2.24, 2.45) is 0 Å². The highest BCUT2D eigenvalue weighted by molar-refractivity contribution is 5.97. The first-order valence-electron chi connectivity index (χ1n) is 2.05. The molecule has 0 saturated carbocycles. The van der Waals surface area contributed by atoms with Gasteiger partial charge >= 0.3 is 6.18 Å². The predicted molar refractivity (Wildman–Crippen MR) is 25.6 cm³/mol. The number of hydrogen-bond donors (Lipinski definition) is 0. The van der Waals surface area contributed by atoms with Crippen molar-refractivity contribution in [1.29, 1.82) is 0 Å². The summed E-state index contributed by atoms with van der Waals surface area (Å²) in [5.74, 6) is -1.12. The molecular weight excluding hydrogens is 133 g/mol. The summed E-state index contributed by atoms with van der Waals surface area (Å²) in [5.41, 5.74) is 0. The number of rotatable bonds is 2. The molecule has 0 heterocycles. The summed E-state index contributed by atoms with van der Waals surface area (Å²) in [7, 11) is 0. The molecule has 0 aliphatic carbocycles. The van der Waals surface area contributed by atoms with Crippen molar-refractivity contribution < 1.29 is 18.0 Å². The Hall–Kier alpha value is -0.800. The largest absolute Gasteiger partial charge is 0.400 e. The van der Waals surface area contributed by atoms with Crippen LogP contribution < -0.4 is 0 Å². The van der Waals surface area contributed by atoms with Crippen LogP contribution in [0.5, 0.6) is 0 Å². The van der Waals surface area contributed by atoms with Gasteiger partial charge in [0.05, 0.1) is 0 Å². The Morgan fingerprint density at radius 1 is 1.44 bits per heavy atom. The second kappa shape index (κ2) is 2.66. The molecule has 51 valence electrons. The molecule has 4 heteroatoms. The number of carbonyl (C=O) groups excluding carboxylic acids is 1. The third-order valence-electron chi connectivity index (χ3n) is 0.507. The highest BCUT2D eigenvalue weighted by Crippen LogP contribution is 2.18. The first-order valence-corrected chi connectivity index (χ1v) is 2.05. The molecule has 9 heavy (non-hydrogen) atoms. The summed E-state index contributed by atoms with van der Waals surface area (Å²) >= 11 is 0. The first-order chi connectivity index (χ1) is 3.95.